The van der Waals surface area contributed by atoms with E-state index in [1.54, 1.807) is 0 Å². The smallest absolute Gasteiger partial charge is 0.171 e. The van der Waals surface area contributed by atoms with Gasteiger partial charge in [0, 0.05) is 18.3 Å². The lowest BCUT2D eigenvalue weighted by molar-refractivity contribution is -0.185. The Morgan fingerprint density at radius 1 is 1.08 bits per heavy atom. The van der Waals surface area contributed by atoms with Gasteiger partial charge in [0.05, 0.1) is 13.2 Å². The van der Waals surface area contributed by atoms with Gasteiger partial charge in [-0.3, -0.25) is 0 Å². The summed E-state index contributed by atoms with van der Waals surface area (Å²) in [6, 6.07) is 0. The number of ether oxygens (including phenoxy) is 3. The van der Waals surface area contributed by atoms with Crippen molar-refractivity contribution < 1.29 is 18.6 Å². The molecule has 4 heteroatoms. The molecule has 4 aliphatic carbocycles. The Kier molecular flexibility index (Phi) is 2.61. The van der Waals surface area contributed by atoms with Crippen LogP contribution in [0.3, 0.4) is 0 Å². The molecule has 2 aliphatic heterocycles. The van der Waals surface area contributed by atoms with Crippen LogP contribution in [0, 0.1) is 17.3 Å². The largest absolute Gasteiger partial charge is 0.358 e. The third kappa shape index (κ3) is 1.51. The quantitative estimate of drug-likeness (QED) is 0.497. The molecule has 1 spiro atoms. The maximum absolute atomic E-state index is 14.5. The molecular weight excluding hydrogens is 307 g/mol. The molecule has 6 atom stereocenters. The second kappa shape index (κ2) is 4.27. The number of halogens is 1. The Balaban J connectivity index is 1.36. The molecule has 2 heterocycles. The van der Waals surface area contributed by atoms with Crippen LogP contribution in [0.25, 0.3) is 0 Å². The molecule has 132 valence electrons. The number of epoxide rings is 1. The zero-order chi connectivity index (χ0) is 16.2. The van der Waals surface area contributed by atoms with Crippen LogP contribution in [-0.4, -0.2) is 36.4 Å². The first-order valence-electron chi connectivity index (χ1n) is 9.85. The van der Waals surface area contributed by atoms with Crippen molar-refractivity contribution >= 4 is 0 Å². The van der Waals surface area contributed by atoms with Crippen molar-refractivity contribution in [2.24, 2.45) is 17.3 Å². The highest BCUT2D eigenvalue weighted by atomic mass is 19.1. The SMILES string of the molecule is C[C@]12CC=C3C(CC[C@@]45CC6(CC[C@@]34O5)OCCO6)C1CC[C@H]2F. The fraction of sp³-hybridized carbons (Fsp3) is 0.900. The third-order valence-corrected chi connectivity index (χ3v) is 8.56. The lowest BCUT2D eigenvalue weighted by Crippen LogP contribution is -2.51. The highest BCUT2D eigenvalue weighted by molar-refractivity contribution is 5.43. The number of fused-ring (bicyclic) bond motifs is 3. The standard InChI is InChI=1S/C20H27FO3/c1-17-6-5-15-13(14(17)2-3-16(17)21)4-7-18-12-19(22-10-11-23-19)8-9-20(15,18)24-18/h5,13-14,16H,2-4,6-12H2,1H3/t13?,14?,16-,17+,18-,20-/m1/s1. The highest BCUT2D eigenvalue weighted by Crippen LogP contribution is 2.73. The molecule has 0 radical (unpaired) electrons. The maximum atomic E-state index is 14.5. The monoisotopic (exact) mass is 334 g/mol. The van der Waals surface area contributed by atoms with Crippen LogP contribution in [0.4, 0.5) is 4.39 Å². The third-order valence-electron chi connectivity index (χ3n) is 8.56. The molecule has 6 rings (SSSR count). The van der Waals surface area contributed by atoms with Crippen molar-refractivity contribution in [1.82, 2.24) is 0 Å². The summed E-state index contributed by atoms with van der Waals surface area (Å²) in [5, 5.41) is 0. The molecule has 0 aromatic heterocycles. The molecule has 0 amide bonds. The van der Waals surface area contributed by atoms with Gasteiger partial charge in [-0.05, 0) is 55.9 Å². The van der Waals surface area contributed by atoms with Gasteiger partial charge < -0.3 is 14.2 Å². The van der Waals surface area contributed by atoms with Crippen LogP contribution in [0.2, 0.25) is 0 Å². The topological polar surface area (TPSA) is 31.0 Å². The van der Waals surface area contributed by atoms with Crippen molar-refractivity contribution in [2.45, 2.75) is 81.5 Å². The molecule has 5 fully saturated rings. The van der Waals surface area contributed by atoms with E-state index >= 15 is 0 Å². The first kappa shape index (κ1) is 14.7. The Labute approximate surface area is 142 Å². The molecular formula is C20H27FO3. The molecule has 0 N–H and O–H groups in total. The maximum Gasteiger partial charge on any atom is 0.171 e. The lowest BCUT2D eigenvalue weighted by Gasteiger charge is -2.49. The van der Waals surface area contributed by atoms with Crippen LogP contribution >= 0.6 is 0 Å². The summed E-state index contributed by atoms with van der Waals surface area (Å²) in [6.07, 6.45) is 9.53. The number of allylic oxidation sites excluding steroid dienone is 1. The van der Waals surface area contributed by atoms with Gasteiger partial charge in [-0.1, -0.05) is 13.0 Å². The van der Waals surface area contributed by atoms with E-state index in [4.69, 9.17) is 14.2 Å². The number of hydrogen-bond acceptors (Lipinski definition) is 3. The molecule has 0 aromatic carbocycles. The molecule has 6 aliphatic rings. The summed E-state index contributed by atoms with van der Waals surface area (Å²) in [5.74, 6) is 0.673. The van der Waals surface area contributed by atoms with Gasteiger partial charge in [-0.25, -0.2) is 4.39 Å². The summed E-state index contributed by atoms with van der Waals surface area (Å²) in [4.78, 5) is 0. The summed E-state index contributed by atoms with van der Waals surface area (Å²) < 4.78 is 33.1. The second-order valence-corrected chi connectivity index (χ2v) is 9.37. The van der Waals surface area contributed by atoms with Crippen molar-refractivity contribution in [2.75, 3.05) is 13.2 Å². The zero-order valence-corrected chi connectivity index (χ0v) is 14.5. The van der Waals surface area contributed by atoms with E-state index < -0.39 is 6.17 Å². The van der Waals surface area contributed by atoms with Crippen molar-refractivity contribution in [3.8, 4) is 0 Å². The van der Waals surface area contributed by atoms with Crippen LogP contribution in [0.15, 0.2) is 11.6 Å². The van der Waals surface area contributed by atoms with Gasteiger partial charge in [-0.2, -0.15) is 0 Å². The first-order chi connectivity index (χ1) is 11.5. The van der Waals surface area contributed by atoms with Gasteiger partial charge in [0.2, 0.25) is 0 Å². The number of rotatable bonds is 0. The Hall–Kier alpha value is -0.450. The van der Waals surface area contributed by atoms with Crippen molar-refractivity contribution in [1.29, 1.82) is 0 Å². The van der Waals surface area contributed by atoms with E-state index in [2.05, 4.69) is 13.0 Å². The zero-order valence-electron chi connectivity index (χ0n) is 14.5. The van der Waals surface area contributed by atoms with E-state index in [0.29, 0.717) is 25.0 Å². The normalized spacial score (nSPS) is 56.9. The van der Waals surface area contributed by atoms with Gasteiger partial charge >= 0.3 is 0 Å². The minimum Gasteiger partial charge on any atom is -0.358 e. The van der Waals surface area contributed by atoms with Crippen LogP contribution in [0.5, 0.6) is 0 Å². The summed E-state index contributed by atoms with van der Waals surface area (Å²) >= 11 is 0. The number of alkyl halides is 1. The highest BCUT2D eigenvalue weighted by Gasteiger charge is 2.79. The van der Waals surface area contributed by atoms with E-state index in [-0.39, 0.29) is 22.4 Å². The molecule has 3 saturated carbocycles. The van der Waals surface area contributed by atoms with Gasteiger partial charge in [0.25, 0.3) is 0 Å². The van der Waals surface area contributed by atoms with Gasteiger partial charge in [0.15, 0.2) is 5.79 Å². The summed E-state index contributed by atoms with van der Waals surface area (Å²) in [7, 11) is 0. The molecule has 0 bridgehead atoms. The number of hydrogen-bond donors (Lipinski definition) is 0. The fourth-order valence-corrected chi connectivity index (χ4v) is 7.27. The predicted molar refractivity (Wildman–Crippen MR) is 86.2 cm³/mol. The van der Waals surface area contributed by atoms with Crippen LogP contribution in [-0.2, 0) is 14.2 Å². The Morgan fingerprint density at radius 2 is 1.92 bits per heavy atom. The average molecular weight is 334 g/mol. The lowest BCUT2D eigenvalue weighted by atomic mass is 9.54. The van der Waals surface area contributed by atoms with Crippen molar-refractivity contribution in [3.63, 3.8) is 0 Å². The minimum absolute atomic E-state index is 0.0562. The van der Waals surface area contributed by atoms with Crippen molar-refractivity contribution in [3.05, 3.63) is 11.6 Å². The van der Waals surface area contributed by atoms with Crippen LogP contribution in [0.1, 0.15) is 58.3 Å². The van der Waals surface area contributed by atoms with E-state index in [9.17, 15) is 4.39 Å². The summed E-state index contributed by atoms with van der Waals surface area (Å²) in [5.41, 5.74) is 1.27. The molecule has 2 unspecified atom stereocenters. The second-order valence-electron chi connectivity index (χ2n) is 9.37. The average Bonchev–Trinajstić information content (AvgIpc) is 2.88. The minimum atomic E-state index is -0.625. The molecule has 0 aromatic rings. The van der Waals surface area contributed by atoms with Gasteiger partial charge in [-0.15, -0.1) is 0 Å². The van der Waals surface area contributed by atoms with Gasteiger partial charge in [0.1, 0.15) is 17.4 Å². The molecule has 24 heavy (non-hydrogen) atoms. The van der Waals surface area contributed by atoms with E-state index in [1.165, 1.54) is 5.57 Å². The molecule has 2 saturated heterocycles. The van der Waals surface area contributed by atoms with Crippen LogP contribution < -0.4 is 0 Å². The predicted octanol–water partition coefficient (Wildman–Crippen LogP) is 3.92. The summed E-state index contributed by atoms with van der Waals surface area (Å²) in [6.45, 7) is 3.62. The van der Waals surface area contributed by atoms with E-state index in [0.717, 1.165) is 51.4 Å². The Morgan fingerprint density at radius 3 is 2.75 bits per heavy atom. The first-order valence-corrected chi connectivity index (χ1v) is 9.85. The molecule has 3 nitrogen and oxygen atoms in total. The van der Waals surface area contributed by atoms with E-state index in [1.807, 2.05) is 0 Å². The fourth-order valence-electron chi connectivity index (χ4n) is 7.27. The Bertz CT molecular complexity index is 626.